The molecule has 1 aromatic heterocycles. The van der Waals surface area contributed by atoms with Crippen molar-refractivity contribution in [3.05, 3.63) is 83.7 Å². The van der Waals surface area contributed by atoms with Gasteiger partial charge in [-0.05, 0) is 35.2 Å². The molecule has 4 rings (SSSR count). The Morgan fingerprint density at radius 1 is 1.10 bits per heavy atom. The van der Waals surface area contributed by atoms with Crippen LogP contribution in [0.3, 0.4) is 0 Å². The summed E-state index contributed by atoms with van der Waals surface area (Å²) in [5.74, 6) is -2.72. The molecule has 2 aromatic carbocycles. The summed E-state index contributed by atoms with van der Waals surface area (Å²) in [5, 5.41) is 9.38. The minimum absolute atomic E-state index is 0.0514. The fourth-order valence-electron chi connectivity index (χ4n) is 5.45. The molecule has 2 amide bonds. The maximum Gasteiger partial charge on any atom is 0.407 e. The molecule has 6 nitrogen and oxygen atoms in total. The number of carbonyl (C=O) groups is 2. The van der Waals surface area contributed by atoms with E-state index in [9.17, 15) is 23.5 Å². The Bertz CT molecular complexity index is 1360. The summed E-state index contributed by atoms with van der Waals surface area (Å²) in [4.78, 5) is 27.4. The Morgan fingerprint density at radius 2 is 1.80 bits per heavy atom. The molecule has 3 aromatic rings. The van der Waals surface area contributed by atoms with E-state index in [1.54, 1.807) is 12.3 Å². The van der Waals surface area contributed by atoms with Crippen molar-refractivity contribution in [3.63, 3.8) is 0 Å². The van der Waals surface area contributed by atoms with Gasteiger partial charge in [-0.15, -0.1) is 11.6 Å². The van der Waals surface area contributed by atoms with E-state index in [0.717, 1.165) is 28.7 Å². The number of halogens is 4. The van der Waals surface area contributed by atoms with E-state index >= 15 is 4.39 Å². The number of likely N-dealkylation sites (tertiary alicyclic amines) is 1. The number of hydrogen-bond acceptors (Lipinski definition) is 2. The molecule has 214 valence electrons. The molecule has 0 saturated carbocycles. The first-order valence-corrected chi connectivity index (χ1v) is 13.6. The highest BCUT2D eigenvalue weighted by Crippen LogP contribution is 2.42. The highest BCUT2D eigenvalue weighted by Gasteiger charge is 2.42. The van der Waals surface area contributed by atoms with Crippen LogP contribution < -0.4 is 0 Å². The van der Waals surface area contributed by atoms with Gasteiger partial charge in [-0.1, -0.05) is 51.1 Å². The molecular weight excluding hydrogens is 543 g/mol. The van der Waals surface area contributed by atoms with Crippen LogP contribution in [0.4, 0.5) is 18.0 Å². The lowest BCUT2D eigenvalue weighted by molar-refractivity contribution is -0.134. The maximum absolute atomic E-state index is 15.0. The van der Waals surface area contributed by atoms with Gasteiger partial charge >= 0.3 is 6.09 Å². The third-order valence-corrected chi connectivity index (χ3v) is 7.50. The fourth-order valence-corrected chi connectivity index (χ4v) is 5.61. The number of alkyl halides is 2. The third kappa shape index (κ3) is 6.46. The van der Waals surface area contributed by atoms with Crippen molar-refractivity contribution < 1.29 is 27.9 Å². The average molecular weight is 576 g/mol. The van der Waals surface area contributed by atoms with Gasteiger partial charge in [0.1, 0.15) is 23.7 Å². The zero-order chi connectivity index (χ0) is 29.2. The van der Waals surface area contributed by atoms with Crippen LogP contribution in [0.2, 0.25) is 0 Å². The zero-order valence-corrected chi connectivity index (χ0v) is 23.4. The van der Waals surface area contributed by atoms with E-state index < -0.39 is 47.2 Å². The van der Waals surface area contributed by atoms with Gasteiger partial charge in [0.25, 0.3) is 0 Å². The quantitative estimate of drug-likeness (QED) is 0.308. The summed E-state index contributed by atoms with van der Waals surface area (Å²) < 4.78 is 45.9. The van der Waals surface area contributed by atoms with Crippen LogP contribution in [-0.4, -0.2) is 63.2 Å². The first kappa shape index (κ1) is 29.5. The molecule has 3 atom stereocenters. The summed E-state index contributed by atoms with van der Waals surface area (Å²) in [7, 11) is 0. The van der Waals surface area contributed by atoms with Crippen molar-refractivity contribution in [2.24, 2.45) is 11.3 Å². The van der Waals surface area contributed by atoms with Gasteiger partial charge in [-0.25, -0.2) is 18.0 Å². The first-order valence-electron chi connectivity index (χ1n) is 13.1. The van der Waals surface area contributed by atoms with Crippen molar-refractivity contribution >= 4 is 23.6 Å². The summed E-state index contributed by atoms with van der Waals surface area (Å²) in [6, 6.07) is 13.9. The number of aromatic nitrogens is 1. The van der Waals surface area contributed by atoms with Gasteiger partial charge in [-0.3, -0.25) is 4.79 Å². The molecule has 1 aliphatic heterocycles. The lowest BCUT2D eigenvalue weighted by Crippen LogP contribution is -2.46. The summed E-state index contributed by atoms with van der Waals surface area (Å²) in [6.45, 7) is 5.79. The Morgan fingerprint density at radius 3 is 2.40 bits per heavy atom. The van der Waals surface area contributed by atoms with Gasteiger partial charge < -0.3 is 19.5 Å². The van der Waals surface area contributed by atoms with E-state index in [4.69, 9.17) is 11.6 Å². The first-order chi connectivity index (χ1) is 18.9. The Labute approximate surface area is 237 Å². The summed E-state index contributed by atoms with van der Waals surface area (Å²) in [6.07, 6.45) is -0.941. The van der Waals surface area contributed by atoms with Crippen LogP contribution in [0.25, 0.3) is 11.1 Å². The third-order valence-electron chi connectivity index (χ3n) is 7.27. The van der Waals surface area contributed by atoms with Crippen LogP contribution in [0.1, 0.15) is 38.1 Å². The second-order valence-electron chi connectivity index (χ2n) is 11.3. The number of carboxylic acid groups (broad SMARTS) is 1. The van der Waals surface area contributed by atoms with Crippen molar-refractivity contribution in [1.29, 1.82) is 0 Å². The van der Waals surface area contributed by atoms with Gasteiger partial charge in [-0.2, -0.15) is 0 Å². The monoisotopic (exact) mass is 575 g/mol. The van der Waals surface area contributed by atoms with Crippen LogP contribution in [-0.2, 0) is 11.3 Å². The fraction of sp³-hybridized carbons (Fsp3) is 0.400. The molecule has 1 aliphatic rings. The molecular formula is C30H33ClF3N3O3. The van der Waals surface area contributed by atoms with E-state index in [2.05, 4.69) is 0 Å². The van der Waals surface area contributed by atoms with E-state index in [1.165, 1.54) is 4.90 Å². The molecule has 0 radical (unpaired) electrons. The van der Waals surface area contributed by atoms with Crippen LogP contribution in [0, 0.1) is 23.0 Å². The molecule has 1 fully saturated rings. The van der Waals surface area contributed by atoms with Crippen LogP contribution >= 0.6 is 11.6 Å². The zero-order valence-electron chi connectivity index (χ0n) is 22.7. The topological polar surface area (TPSA) is 65.8 Å². The highest BCUT2D eigenvalue weighted by atomic mass is 35.5. The second-order valence-corrected chi connectivity index (χ2v) is 11.6. The van der Waals surface area contributed by atoms with Gasteiger partial charge in [0.05, 0.1) is 12.6 Å². The highest BCUT2D eigenvalue weighted by molar-refractivity contribution is 6.27. The summed E-state index contributed by atoms with van der Waals surface area (Å²) in [5.41, 5.74) is 1.48. The molecule has 1 saturated heterocycles. The molecule has 40 heavy (non-hydrogen) atoms. The molecule has 1 N–H and O–H groups in total. The average Bonchev–Trinajstić information content (AvgIpc) is 3.47. The minimum Gasteiger partial charge on any atom is -0.465 e. The predicted octanol–water partition coefficient (Wildman–Crippen LogP) is 6.58. The number of amides is 2. The minimum atomic E-state index is -1.45. The standard InChI is InChI=1S/C30H33ClF3N3O3/c1-30(2,3)28(37(27(38)13-31)17-21-16-36(29(39)40)18-25(21)34)26-11-20(23-12-22(32)9-10-24(23)33)15-35(26)14-19-7-5-4-6-8-19/h4-12,15,21,25,28H,13-14,16-18H2,1-3H3,(H,39,40)/t21-,25-,28?/m0/s1. The SMILES string of the molecule is CC(C)(C)C(c1cc(-c2cc(F)ccc2F)cn1Cc1ccccc1)N(C[C@@H]1CN(C(=O)O)C[C@@H]1F)C(=O)CCl. The number of benzene rings is 2. The van der Waals surface area contributed by atoms with Crippen molar-refractivity contribution in [2.75, 3.05) is 25.5 Å². The summed E-state index contributed by atoms with van der Waals surface area (Å²) >= 11 is 6.05. The molecule has 2 heterocycles. The van der Waals surface area contributed by atoms with Gasteiger partial charge in [0, 0.05) is 48.6 Å². The molecule has 0 bridgehead atoms. The van der Waals surface area contributed by atoms with E-state index in [0.29, 0.717) is 17.8 Å². The predicted molar refractivity (Wildman–Crippen MR) is 148 cm³/mol. The smallest absolute Gasteiger partial charge is 0.407 e. The molecule has 0 spiro atoms. The van der Waals surface area contributed by atoms with Crippen LogP contribution in [0.5, 0.6) is 0 Å². The van der Waals surface area contributed by atoms with Gasteiger partial charge in [0.2, 0.25) is 5.91 Å². The van der Waals surface area contributed by atoms with Crippen molar-refractivity contribution in [1.82, 2.24) is 14.4 Å². The Kier molecular flexibility index (Phi) is 8.83. The van der Waals surface area contributed by atoms with E-state index in [1.807, 2.05) is 55.7 Å². The number of rotatable bonds is 8. The maximum atomic E-state index is 15.0. The number of carbonyl (C=O) groups excluding carboxylic acids is 1. The molecule has 10 heteroatoms. The number of hydrogen-bond donors (Lipinski definition) is 1. The molecule has 1 unspecified atom stereocenters. The van der Waals surface area contributed by atoms with Crippen molar-refractivity contribution in [3.8, 4) is 11.1 Å². The largest absolute Gasteiger partial charge is 0.465 e. The lowest BCUT2D eigenvalue weighted by atomic mass is 9.82. The molecule has 0 aliphatic carbocycles. The van der Waals surface area contributed by atoms with Crippen molar-refractivity contribution in [2.45, 2.75) is 39.5 Å². The van der Waals surface area contributed by atoms with Gasteiger partial charge in [0.15, 0.2) is 0 Å². The van der Waals surface area contributed by atoms with E-state index in [-0.39, 0.29) is 31.1 Å². The second kappa shape index (κ2) is 12.0. The lowest BCUT2D eigenvalue weighted by Gasteiger charge is -2.42. The normalized spacial score (nSPS) is 18.1. The Balaban J connectivity index is 1.84. The Hall–Kier alpha value is -3.46. The number of nitrogens with zero attached hydrogens (tertiary/aromatic N) is 3. The van der Waals surface area contributed by atoms with Crippen LogP contribution in [0.15, 0.2) is 60.8 Å².